The van der Waals surface area contributed by atoms with Crippen molar-refractivity contribution >= 4 is 17.1 Å². The molecule has 10 nitrogen and oxygen atoms in total. The fraction of sp³-hybridized carbons (Fsp3) is 0.522. The second kappa shape index (κ2) is 9.40. The molecule has 3 heterocycles. The van der Waals surface area contributed by atoms with E-state index in [0.29, 0.717) is 22.9 Å². The maximum atomic E-state index is 13.1. The largest absolute Gasteiger partial charge is 0.491 e. The van der Waals surface area contributed by atoms with E-state index >= 15 is 0 Å². The van der Waals surface area contributed by atoms with Crippen LogP contribution in [0.15, 0.2) is 33.9 Å². The summed E-state index contributed by atoms with van der Waals surface area (Å²) in [6.07, 6.45) is -0.875. The number of hydrogen-bond donors (Lipinski definition) is 1. The molecule has 1 aliphatic heterocycles. The predicted octanol–water partition coefficient (Wildman–Crippen LogP) is 0.324. The van der Waals surface area contributed by atoms with Crippen LogP contribution in [0.3, 0.4) is 0 Å². The Morgan fingerprint density at radius 1 is 1.09 bits per heavy atom. The molecule has 0 radical (unpaired) electrons. The zero-order chi connectivity index (χ0) is 23.7. The van der Waals surface area contributed by atoms with E-state index in [4.69, 9.17) is 9.72 Å². The molecule has 1 fully saturated rings. The highest BCUT2D eigenvalue weighted by molar-refractivity contribution is 5.74. The van der Waals surface area contributed by atoms with Crippen LogP contribution < -0.4 is 20.9 Å². The topological polar surface area (TPSA) is 97.8 Å². The molecule has 1 atom stereocenters. The molecule has 10 heteroatoms. The summed E-state index contributed by atoms with van der Waals surface area (Å²) in [5.74, 6) is 1.30. The molecule has 0 saturated carbocycles. The van der Waals surface area contributed by atoms with E-state index in [1.165, 1.54) is 11.6 Å². The third-order valence-electron chi connectivity index (χ3n) is 6.35. The van der Waals surface area contributed by atoms with E-state index < -0.39 is 17.4 Å². The lowest BCUT2D eigenvalue weighted by atomic mass is 10.2. The van der Waals surface area contributed by atoms with E-state index in [9.17, 15) is 14.7 Å². The van der Waals surface area contributed by atoms with Crippen molar-refractivity contribution in [3.8, 4) is 5.75 Å². The Morgan fingerprint density at radius 2 is 1.79 bits per heavy atom. The average molecular weight is 457 g/mol. The first-order valence-electron chi connectivity index (χ1n) is 11.3. The summed E-state index contributed by atoms with van der Waals surface area (Å²) in [7, 11) is 3.07. The number of aliphatic hydroxyl groups is 1. The van der Waals surface area contributed by atoms with Gasteiger partial charge in [0.15, 0.2) is 11.2 Å². The van der Waals surface area contributed by atoms with Crippen molar-refractivity contribution in [1.29, 1.82) is 0 Å². The molecule has 0 amide bonds. The first-order valence-corrected chi connectivity index (χ1v) is 11.3. The van der Waals surface area contributed by atoms with E-state index in [-0.39, 0.29) is 13.2 Å². The number of ether oxygens (including phenoxy) is 1. The third-order valence-corrected chi connectivity index (χ3v) is 6.35. The van der Waals surface area contributed by atoms with Crippen LogP contribution in [0, 0.1) is 6.92 Å². The maximum absolute atomic E-state index is 13.1. The number of anilines is 1. The molecular weight excluding hydrogens is 424 g/mol. The van der Waals surface area contributed by atoms with E-state index in [2.05, 4.69) is 16.7 Å². The Bertz CT molecular complexity index is 1250. The lowest BCUT2D eigenvalue weighted by molar-refractivity contribution is 0.0932. The first-order chi connectivity index (χ1) is 15.8. The molecule has 33 heavy (non-hydrogen) atoms. The van der Waals surface area contributed by atoms with Gasteiger partial charge in [-0.15, -0.1) is 0 Å². The van der Waals surface area contributed by atoms with Crippen LogP contribution in [0.1, 0.15) is 12.5 Å². The summed E-state index contributed by atoms with van der Waals surface area (Å²) < 4.78 is 10.0. The summed E-state index contributed by atoms with van der Waals surface area (Å²) in [6.45, 7) is 8.53. The normalized spacial score (nSPS) is 15.8. The van der Waals surface area contributed by atoms with Gasteiger partial charge in [-0.3, -0.25) is 13.9 Å². The average Bonchev–Trinajstić information content (AvgIpc) is 3.20. The van der Waals surface area contributed by atoms with Crippen LogP contribution in [-0.2, 0) is 20.6 Å². The van der Waals surface area contributed by atoms with Crippen LogP contribution in [0.2, 0.25) is 0 Å². The zero-order valence-electron chi connectivity index (χ0n) is 19.7. The summed E-state index contributed by atoms with van der Waals surface area (Å²) in [5, 5.41) is 10.8. The van der Waals surface area contributed by atoms with Gasteiger partial charge in [-0.2, -0.15) is 4.98 Å². The highest BCUT2D eigenvalue weighted by Gasteiger charge is 2.26. The minimum atomic E-state index is -0.875. The summed E-state index contributed by atoms with van der Waals surface area (Å²) in [6, 6.07) is 7.62. The van der Waals surface area contributed by atoms with Crippen molar-refractivity contribution in [1.82, 2.24) is 23.6 Å². The molecule has 0 spiro atoms. The molecule has 0 aliphatic carbocycles. The zero-order valence-corrected chi connectivity index (χ0v) is 19.7. The number of piperazine rings is 1. The van der Waals surface area contributed by atoms with Gasteiger partial charge in [0.1, 0.15) is 18.5 Å². The molecule has 178 valence electrons. The van der Waals surface area contributed by atoms with Gasteiger partial charge < -0.3 is 24.2 Å². The van der Waals surface area contributed by atoms with Crippen LogP contribution in [0.25, 0.3) is 11.2 Å². The van der Waals surface area contributed by atoms with Crippen molar-refractivity contribution in [2.24, 2.45) is 14.1 Å². The molecule has 3 aromatic rings. The number of para-hydroxylation sites is 1. The second-order valence-electron chi connectivity index (χ2n) is 8.55. The number of imidazole rings is 1. The number of rotatable bonds is 7. The van der Waals surface area contributed by atoms with E-state index in [1.54, 1.807) is 11.6 Å². The molecule has 1 aromatic carbocycles. The van der Waals surface area contributed by atoms with Crippen molar-refractivity contribution in [3.63, 3.8) is 0 Å². The van der Waals surface area contributed by atoms with Crippen LogP contribution in [-0.4, -0.2) is 74.1 Å². The highest BCUT2D eigenvalue weighted by Crippen LogP contribution is 2.22. The number of benzene rings is 1. The fourth-order valence-corrected chi connectivity index (χ4v) is 4.28. The molecule has 1 saturated heterocycles. The van der Waals surface area contributed by atoms with Crippen molar-refractivity contribution < 1.29 is 9.84 Å². The van der Waals surface area contributed by atoms with Crippen LogP contribution in [0.5, 0.6) is 5.75 Å². The molecular formula is C23H32N6O4. The van der Waals surface area contributed by atoms with E-state index in [1.807, 2.05) is 31.2 Å². The molecule has 4 rings (SSSR count). The van der Waals surface area contributed by atoms with E-state index in [0.717, 1.165) is 42.9 Å². The Hall–Kier alpha value is -3.11. The lowest BCUT2D eigenvalue weighted by Gasteiger charge is -2.35. The standard InChI is InChI=1S/C23H32N6O4/c1-5-27-10-12-28(13-11-27)22-24-20-19(21(31)26(4)23(32)25(20)3)29(22)14-17(30)15-33-18-9-7-6-8-16(18)2/h6-9,17,30H,5,10-15H2,1-4H3/t17-/m0/s1. The minimum Gasteiger partial charge on any atom is -0.491 e. The molecule has 1 N–H and O–H groups in total. The first kappa shape index (κ1) is 23.1. The number of aryl methyl sites for hydroxylation is 2. The van der Waals surface area contributed by atoms with Gasteiger partial charge in [0.25, 0.3) is 5.56 Å². The van der Waals surface area contributed by atoms with Crippen LogP contribution in [0.4, 0.5) is 5.95 Å². The van der Waals surface area contributed by atoms with Crippen molar-refractivity contribution in [2.45, 2.75) is 26.5 Å². The van der Waals surface area contributed by atoms with Gasteiger partial charge in [-0.05, 0) is 25.1 Å². The fourth-order valence-electron chi connectivity index (χ4n) is 4.28. The smallest absolute Gasteiger partial charge is 0.332 e. The number of hydrogen-bond acceptors (Lipinski definition) is 7. The number of nitrogens with zero attached hydrogens (tertiary/aromatic N) is 6. The molecule has 0 unspecified atom stereocenters. The maximum Gasteiger partial charge on any atom is 0.332 e. The lowest BCUT2D eigenvalue weighted by Crippen LogP contribution is -2.47. The van der Waals surface area contributed by atoms with Gasteiger partial charge in [0.2, 0.25) is 5.95 Å². The van der Waals surface area contributed by atoms with Gasteiger partial charge in [-0.1, -0.05) is 25.1 Å². The third kappa shape index (κ3) is 4.40. The van der Waals surface area contributed by atoms with Crippen molar-refractivity contribution in [3.05, 3.63) is 50.7 Å². The summed E-state index contributed by atoms with van der Waals surface area (Å²) >= 11 is 0. The van der Waals surface area contributed by atoms with Gasteiger partial charge >= 0.3 is 5.69 Å². The Morgan fingerprint density at radius 3 is 2.45 bits per heavy atom. The van der Waals surface area contributed by atoms with Crippen LogP contribution >= 0.6 is 0 Å². The van der Waals surface area contributed by atoms with Gasteiger partial charge in [0.05, 0.1) is 6.54 Å². The number of likely N-dealkylation sites (N-methyl/N-ethyl adjacent to an activating group) is 1. The second-order valence-corrected chi connectivity index (χ2v) is 8.55. The predicted molar refractivity (Wildman–Crippen MR) is 127 cm³/mol. The number of fused-ring (bicyclic) bond motifs is 1. The van der Waals surface area contributed by atoms with Gasteiger partial charge in [-0.25, -0.2) is 4.79 Å². The summed E-state index contributed by atoms with van der Waals surface area (Å²) in [5.41, 5.74) is 0.760. The highest BCUT2D eigenvalue weighted by atomic mass is 16.5. The minimum absolute atomic E-state index is 0.0691. The van der Waals surface area contributed by atoms with Gasteiger partial charge in [0, 0.05) is 40.3 Å². The van der Waals surface area contributed by atoms with Crippen molar-refractivity contribution in [2.75, 3.05) is 44.2 Å². The molecule has 1 aliphatic rings. The number of aromatic nitrogens is 4. The number of aliphatic hydroxyl groups excluding tert-OH is 1. The Labute approximate surface area is 192 Å². The Kier molecular flexibility index (Phi) is 6.57. The SMILES string of the molecule is CCN1CCN(c2nc3c(c(=O)n(C)c(=O)n3C)n2C[C@H](O)COc2ccccc2C)CC1. The molecule has 0 bridgehead atoms. The Balaban J connectivity index is 1.69. The monoisotopic (exact) mass is 456 g/mol. The summed E-state index contributed by atoms with van der Waals surface area (Å²) in [4.78, 5) is 34.7. The molecule has 2 aromatic heterocycles. The quantitative estimate of drug-likeness (QED) is 0.547.